The Morgan fingerprint density at radius 2 is 1.29 bits per heavy atom. The quantitative estimate of drug-likeness (QED) is 0.223. The smallest absolute Gasteiger partial charge is 0.303 e. The van der Waals surface area contributed by atoms with Crippen LogP contribution in [0.1, 0.15) is 58.3 Å². The summed E-state index contributed by atoms with van der Waals surface area (Å²) in [6.07, 6.45) is 32.4. The molecule has 0 aliphatic heterocycles. The maximum Gasteiger partial charge on any atom is 0.303 e. The molecule has 0 aromatic rings. The van der Waals surface area contributed by atoms with Gasteiger partial charge in [-0.25, -0.2) is 0 Å². The van der Waals surface area contributed by atoms with Crippen LogP contribution in [0, 0.1) is 0 Å². The van der Waals surface area contributed by atoms with Gasteiger partial charge < -0.3 is 5.11 Å². The van der Waals surface area contributed by atoms with E-state index < -0.39 is 5.97 Å². The monoisotopic (exact) mass is 328 g/mol. The van der Waals surface area contributed by atoms with Gasteiger partial charge in [0.05, 0.1) is 0 Å². The molecule has 0 atom stereocenters. The predicted molar refractivity (Wildman–Crippen MR) is 105 cm³/mol. The highest BCUT2D eigenvalue weighted by atomic mass is 16.4. The third-order valence-corrected chi connectivity index (χ3v) is 3.15. The van der Waals surface area contributed by atoms with Gasteiger partial charge in [0.1, 0.15) is 0 Å². The van der Waals surface area contributed by atoms with Crippen molar-refractivity contribution in [2.75, 3.05) is 0 Å². The molecule has 0 amide bonds. The maximum atomic E-state index is 10.3. The molecule has 0 fully saturated rings. The van der Waals surface area contributed by atoms with Gasteiger partial charge in [-0.3, -0.25) is 4.79 Å². The first-order chi connectivity index (χ1) is 11.8. The van der Waals surface area contributed by atoms with Crippen LogP contribution in [0.4, 0.5) is 0 Å². The van der Waals surface area contributed by atoms with E-state index in [0.717, 1.165) is 25.7 Å². The number of carboxylic acid groups (broad SMARTS) is 1. The topological polar surface area (TPSA) is 37.3 Å². The van der Waals surface area contributed by atoms with Gasteiger partial charge >= 0.3 is 5.97 Å². The minimum absolute atomic E-state index is 0.208. The molecule has 132 valence electrons. The van der Waals surface area contributed by atoms with Crippen LogP contribution < -0.4 is 0 Å². The van der Waals surface area contributed by atoms with Gasteiger partial charge in [0, 0.05) is 6.42 Å². The van der Waals surface area contributed by atoms with E-state index in [4.69, 9.17) is 5.11 Å². The Morgan fingerprint density at radius 3 is 2.00 bits per heavy atom. The fraction of sp³-hybridized carbons (Fsp3) is 0.409. The van der Waals surface area contributed by atoms with Gasteiger partial charge in [-0.1, -0.05) is 79.8 Å². The van der Waals surface area contributed by atoms with E-state index in [2.05, 4.69) is 61.6 Å². The molecule has 0 saturated carbocycles. The number of allylic oxidation sites excluding steroid dienone is 12. The average Bonchev–Trinajstić information content (AvgIpc) is 2.56. The first kappa shape index (κ1) is 21.9. The van der Waals surface area contributed by atoms with Gasteiger partial charge in [0.25, 0.3) is 0 Å². The summed E-state index contributed by atoms with van der Waals surface area (Å²) in [5, 5.41) is 8.49. The van der Waals surface area contributed by atoms with Crippen LogP contribution in [0.3, 0.4) is 0 Å². The van der Waals surface area contributed by atoms with Crippen molar-refractivity contribution in [1.29, 1.82) is 0 Å². The Kier molecular flexibility index (Phi) is 17.3. The van der Waals surface area contributed by atoms with Gasteiger partial charge in [-0.2, -0.15) is 0 Å². The number of carboxylic acids is 1. The number of hydrogen-bond donors (Lipinski definition) is 1. The lowest BCUT2D eigenvalue weighted by atomic mass is 10.2. The second-order valence-electron chi connectivity index (χ2n) is 5.40. The average molecular weight is 328 g/mol. The van der Waals surface area contributed by atoms with Gasteiger partial charge in [-0.15, -0.1) is 0 Å². The fourth-order valence-electron chi connectivity index (χ4n) is 1.87. The molecule has 2 nitrogen and oxygen atoms in total. The lowest BCUT2D eigenvalue weighted by molar-refractivity contribution is -0.136. The lowest BCUT2D eigenvalue weighted by Gasteiger charge is -1.88. The van der Waals surface area contributed by atoms with E-state index in [-0.39, 0.29) is 6.42 Å². The van der Waals surface area contributed by atoms with Crippen molar-refractivity contribution in [3.8, 4) is 0 Å². The summed E-state index contributed by atoms with van der Waals surface area (Å²) in [6.45, 7) is 2.16. The molecule has 0 unspecified atom stereocenters. The zero-order valence-electron chi connectivity index (χ0n) is 14.9. The summed E-state index contributed by atoms with van der Waals surface area (Å²) in [5.41, 5.74) is 0. The molecule has 0 heterocycles. The van der Waals surface area contributed by atoms with Crippen molar-refractivity contribution < 1.29 is 9.90 Å². The summed E-state index contributed by atoms with van der Waals surface area (Å²) < 4.78 is 0. The minimum Gasteiger partial charge on any atom is -0.481 e. The largest absolute Gasteiger partial charge is 0.481 e. The van der Waals surface area contributed by atoms with E-state index in [9.17, 15) is 4.79 Å². The second kappa shape index (κ2) is 19.0. The van der Waals surface area contributed by atoms with Crippen LogP contribution in [0.25, 0.3) is 0 Å². The summed E-state index contributed by atoms with van der Waals surface area (Å²) in [7, 11) is 0. The highest BCUT2D eigenvalue weighted by molar-refractivity contribution is 5.66. The summed E-state index contributed by atoms with van der Waals surface area (Å²) in [6, 6.07) is 0. The van der Waals surface area contributed by atoms with Gasteiger partial charge in [0.15, 0.2) is 0 Å². The lowest BCUT2D eigenvalue weighted by Crippen LogP contribution is -1.91. The Labute approximate surface area is 147 Å². The van der Waals surface area contributed by atoms with Crippen LogP contribution in [0.15, 0.2) is 72.9 Å². The molecule has 24 heavy (non-hydrogen) atoms. The van der Waals surface area contributed by atoms with Crippen molar-refractivity contribution in [3.05, 3.63) is 72.9 Å². The fourth-order valence-corrected chi connectivity index (χ4v) is 1.87. The maximum absolute atomic E-state index is 10.3. The van der Waals surface area contributed by atoms with Crippen molar-refractivity contribution in [2.24, 2.45) is 0 Å². The molecule has 0 saturated heterocycles. The molecule has 1 N–H and O–H groups in total. The zero-order chi connectivity index (χ0) is 17.7. The van der Waals surface area contributed by atoms with Crippen molar-refractivity contribution in [2.45, 2.75) is 58.3 Å². The van der Waals surface area contributed by atoms with E-state index in [1.807, 2.05) is 18.2 Å². The van der Waals surface area contributed by atoms with E-state index in [1.54, 1.807) is 0 Å². The normalized spacial score (nSPS) is 13.0. The SMILES string of the molecule is CCC=CCCCC=CC=CC=CCC=CCC=CCCC(=O)O. The molecule has 0 aromatic carbocycles. The molecule has 0 aromatic heterocycles. The zero-order valence-corrected chi connectivity index (χ0v) is 14.9. The number of hydrogen-bond acceptors (Lipinski definition) is 1. The summed E-state index contributed by atoms with van der Waals surface area (Å²) in [4.78, 5) is 10.3. The second-order valence-corrected chi connectivity index (χ2v) is 5.40. The Hall–Kier alpha value is -2.09. The molecule has 0 rings (SSSR count). The molecular weight excluding hydrogens is 296 g/mol. The summed E-state index contributed by atoms with van der Waals surface area (Å²) >= 11 is 0. The van der Waals surface area contributed by atoms with Crippen molar-refractivity contribution in [3.63, 3.8) is 0 Å². The Balaban J connectivity index is 3.55. The molecule has 0 radical (unpaired) electrons. The Morgan fingerprint density at radius 1 is 0.708 bits per heavy atom. The van der Waals surface area contributed by atoms with Gasteiger partial charge in [0.2, 0.25) is 0 Å². The number of carbonyl (C=O) groups is 1. The number of unbranched alkanes of at least 4 members (excludes halogenated alkanes) is 2. The van der Waals surface area contributed by atoms with E-state index in [0.29, 0.717) is 6.42 Å². The van der Waals surface area contributed by atoms with Crippen molar-refractivity contribution >= 4 is 5.97 Å². The van der Waals surface area contributed by atoms with Gasteiger partial charge in [-0.05, 0) is 44.9 Å². The van der Waals surface area contributed by atoms with E-state index >= 15 is 0 Å². The highest BCUT2D eigenvalue weighted by Gasteiger charge is 1.90. The van der Waals surface area contributed by atoms with E-state index in [1.165, 1.54) is 12.8 Å². The molecule has 0 bridgehead atoms. The minimum atomic E-state index is -0.743. The third kappa shape index (κ3) is 19.9. The summed E-state index contributed by atoms with van der Waals surface area (Å²) in [5.74, 6) is -0.743. The third-order valence-electron chi connectivity index (χ3n) is 3.15. The number of rotatable bonds is 14. The van der Waals surface area contributed by atoms with Crippen LogP contribution >= 0.6 is 0 Å². The van der Waals surface area contributed by atoms with Crippen LogP contribution in [0.5, 0.6) is 0 Å². The first-order valence-corrected chi connectivity index (χ1v) is 8.92. The van der Waals surface area contributed by atoms with Crippen LogP contribution in [-0.4, -0.2) is 11.1 Å². The Bertz CT molecular complexity index is 462. The molecule has 0 aliphatic rings. The standard InChI is InChI=1S/C22H32O2/c1-2-3-4-5-6-7-8-9-10-11-12-13-14-15-16-17-18-19-20-21-22(23)24/h3-4,8-13,15-16,18-19H,2,5-7,14,17,20-21H2,1H3,(H,23,24). The van der Waals surface area contributed by atoms with Crippen LogP contribution in [-0.2, 0) is 4.79 Å². The predicted octanol–water partition coefficient (Wildman–Crippen LogP) is 6.55. The molecule has 0 aliphatic carbocycles. The molecule has 0 spiro atoms. The highest BCUT2D eigenvalue weighted by Crippen LogP contribution is 1.99. The molecular formula is C22H32O2. The first-order valence-electron chi connectivity index (χ1n) is 8.92. The van der Waals surface area contributed by atoms with Crippen LogP contribution in [0.2, 0.25) is 0 Å². The molecule has 2 heteroatoms. The van der Waals surface area contributed by atoms with Crippen molar-refractivity contribution in [1.82, 2.24) is 0 Å². The number of aliphatic carboxylic acids is 1.